The molecule has 1 saturated heterocycles. The maximum Gasteiger partial charge on any atom is 0.391 e. The largest absolute Gasteiger partial charge is 0.391 e. The fourth-order valence-electron chi connectivity index (χ4n) is 4.14. The number of hydrogen-bond donors (Lipinski definition) is 2. The fourth-order valence-corrected chi connectivity index (χ4v) is 4.14. The van der Waals surface area contributed by atoms with E-state index in [0.29, 0.717) is 0 Å². The van der Waals surface area contributed by atoms with Gasteiger partial charge in [-0.3, -0.25) is 14.9 Å². The molecule has 1 aromatic carbocycles. The van der Waals surface area contributed by atoms with Crippen LogP contribution in [0.4, 0.5) is 39.0 Å². The van der Waals surface area contributed by atoms with Crippen LogP contribution in [0.1, 0.15) is 42.5 Å². The number of rotatable bonds is 5. The van der Waals surface area contributed by atoms with E-state index in [0.717, 1.165) is 6.07 Å². The van der Waals surface area contributed by atoms with Gasteiger partial charge in [-0.05, 0) is 31.7 Å². The topological polar surface area (TPSA) is 87.5 Å². The number of hydrogen-bond acceptors (Lipinski definition) is 5. The summed E-state index contributed by atoms with van der Waals surface area (Å²) in [5, 5.41) is 16.7. The van der Waals surface area contributed by atoms with E-state index in [2.05, 4.69) is 10.6 Å². The van der Waals surface area contributed by atoms with E-state index >= 15 is 0 Å². The summed E-state index contributed by atoms with van der Waals surface area (Å²) in [6.07, 6.45) is -4.72. The number of benzene rings is 1. The molecule has 0 atom stereocenters. The smallest absolute Gasteiger partial charge is 0.383 e. The lowest BCUT2D eigenvalue weighted by Crippen LogP contribution is -2.40. The van der Waals surface area contributed by atoms with E-state index in [9.17, 15) is 36.9 Å². The number of amides is 1. The molecular formula is C19H23F5N4O3. The molecule has 2 fully saturated rings. The second-order valence-electron chi connectivity index (χ2n) is 7.98. The van der Waals surface area contributed by atoms with Gasteiger partial charge in [0, 0.05) is 32.1 Å². The van der Waals surface area contributed by atoms with Gasteiger partial charge in [0.2, 0.25) is 0 Å². The third-order valence-corrected chi connectivity index (χ3v) is 5.86. The molecule has 3 rings (SSSR count). The average molecular weight is 450 g/mol. The molecule has 1 aromatic rings. The van der Waals surface area contributed by atoms with Crippen LogP contribution in [-0.4, -0.2) is 49.1 Å². The lowest BCUT2D eigenvalue weighted by Gasteiger charge is -2.30. The van der Waals surface area contributed by atoms with Gasteiger partial charge in [0.15, 0.2) is 0 Å². The van der Waals surface area contributed by atoms with Crippen molar-refractivity contribution in [3.8, 4) is 0 Å². The Morgan fingerprint density at radius 1 is 1.23 bits per heavy atom. The van der Waals surface area contributed by atoms with Gasteiger partial charge in [-0.25, -0.2) is 8.78 Å². The summed E-state index contributed by atoms with van der Waals surface area (Å²) in [5.74, 6) is -5.10. The number of nitrogens with zero attached hydrogens (tertiary/aromatic N) is 2. The first-order valence-corrected chi connectivity index (χ1v) is 9.92. The molecule has 2 N–H and O–H groups in total. The van der Waals surface area contributed by atoms with Gasteiger partial charge in [0.25, 0.3) is 17.5 Å². The van der Waals surface area contributed by atoms with Crippen LogP contribution in [-0.2, 0) is 0 Å². The lowest BCUT2D eigenvalue weighted by molar-refractivity contribution is -0.384. The van der Waals surface area contributed by atoms with E-state index in [1.165, 1.54) is 18.0 Å². The van der Waals surface area contributed by atoms with E-state index in [1.54, 1.807) is 0 Å². The summed E-state index contributed by atoms with van der Waals surface area (Å²) in [6.45, 7) is -0.671. The Kier molecular flexibility index (Phi) is 6.28. The number of alkyl halides is 5. The van der Waals surface area contributed by atoms with Gasteiger partial charge in [-0.2, -0.15) is 13.2 Å². The Labute approximate surface area is 175 Å². The molecule has 1 saturated carbocycles. The number of nitro groups is 1. The van der Waals surface area contributed by atoms with E-state index < -0.39 is 53.5 Å². The normalized spacial score (nSPS) is 23.5. The van der Waals surface area contributed by atoms with Gasteiger partial charge < -0.3 is 15.5 Å². The molecule has 31 heavy (non-hydrogen) atoms. The number of nitrogens with one attached hydrogen (secondary N) is 2. The number of halogens is 5. The number of carbonyl (C=O) groups excluding carboxylic acids is 1. The Morgan fingerprint density at radius 2 is 1.87 bits per heavy atom. The van der Waals surface area contributed by atoms with Gasteiger partial charge >= 0.3 is 6.18 Å². The van der Waals surface area contributed by atoms with Crippen molar-refractivity contribution in [3.05, 3.63) is 27.8 Å². The number of anilines is 2. The van der Waals surface area contributed by atoms with E-state index in [1.807, 2.05) is 0 Å². The molecule has 0 unspecified atom stereocenters. The zero-order valence-electron chi connectivity index (χ0n) is 16.8. The zero-order valence-corrected chi connectivity index (χ0v) is 16.8. The molecule has 2 aliphatic rings. The maximum atomic E-state index is 13.8. The summed E-state index contributed by atoms with van der Waals surface area (Å²) in [5.41, 5.74) is -0.365. The Hall–Kier alpha value is -2.66. The molecule has 172 valence electrons. The van der Waals surface area contributed by atoms with Gasteiger partial charge in [0.1, 0.15) is 5.69 Å². The highest BCUT2D eigenvalue weighted by molar-refractivity contribution is 6.02. The number of nitro benzene ring substituents is 1. The van der Waals surface area contributed by atoms with Crippen LogP contribution in [0.15, 0.2) is 12.1 Å². The molecule has 1 amide bonds. The lowest BCUT2D eigenvalue weighted by atomic mass is 9.85. The summed E-state index contributed by atoms with van der Waals surface area (Å²) in [7, 11) is 1.43. The van der Waals surface area contributed by atoms with Crippen molar-refractivity contribution in [2.75, 3.05) is 30.4 Å². The molecule has 1 aliphatic carbocycles. The first-order valence-electron chi connectivity index (χ1n) is 9.92. The Balaban J connectivity index is 1.85. The summed E-state index contributed by atoms with van der Waals surface area (Å²) < 4.78 is 66.1. The third-order valence-electron chi connectivity index (χ3n) is 5.86. The quantitative estimate of drug-likeness (QED) is 0.396. The van der Waals surface area contributed by atoms with Gasteiger partial charge in [0.05, 0.1) is 28.6 Å². The zero-order chi connectivity index (χ0) is 23.0. The minimum absolute atomic E-state index is 0.0368. The SMILES string of the molecule is CNc1cc(N2CCC(F)(F)C2)c(C(=O)N[C@H]2CC[C@H](C(F)(F)F)CC2)cc1[N+](=O)[O-]. The summed E-state index contributed by atoms with van der Waals surface area (Å²) >= 11 is 0. The standard InChI is InChI=1S/C19H23F5N4O3/c1-25-14-9-15(27-7-6-18(20,21)10-27)13(8-16(14)28(30)31)17(29)26-12-4-2-11(3-5-12)19(22,23)24/h8-9,11-12,25H,2-7,10H2,1H3,(H,26,29)/t11-,12-. The molecule has 0 aromatic heterocycles. The highest BCUT2D eigenvalue weighted by atomic mass is 19.4. The molecule has 0 radical (unpaired) electrons. The van der Waals surface area contributed by atoms with Crippen molar-refractivity contribution in [1.82, 2.24) is 5.32 Å². The van der Waals surface area contributed by atoms with Crippen LogP contribution in [0, 0.1) is 16.0 Å². The van der Waals surface area contributed by atoms with Crippen molar-refractivity contribution in [1.29, 1.82) is 0 Å². The van der Waals surface area contributed by atoms with Gasteiger partial charge in [-0.1, -0.05) is 0 Å². The molecule has 1 heterocycles. The molecule has 0 bridgehead atoms. The molecule has 12 heteroatoms. The highest BCUT2D eigenvalue weighted by Gasteiger charge is 2.42. The minimum atomic E-state index is -4.28. The number of carbonyl (C=O) groups is 1. The fraction of sp³-hybridized carbons (Fsp3) is 0.632. The van der Waals surface area contributed by atoms with Gasteiger partial charge in [-0.15, -0.1) is 0 Å². The van der Waals surface area contributed by atoms with Crippen molar-refractivity contribution in [3.63, 3.8) is 0 Å². The molecular weight excluding hydrogens is 427 g/mol. The van der Waals surface area contributed by atoms with Crippen molar-refractivity contribution in [2.24, 2.45) is 5.92 Å². The maximum absolute atomic E-state index is 13.8. The van der Waals surface area contributed by atoms with Crippen LogP contribution in [0.5, 0.6) is 0 Å². The predicted molar refractivity (Wildman–Crippen MR) is 104 cm³/mol. The average Bonchev–Trinajstić information content (AvgIpc) is 3.06. The monoisotopic (exact) mass is 450 g/mol. The first kappa shape index (κ1) is 23.0. The predicted octanol–water partition coefficient (Wildman–Crippen LogP) is 4.33. The van der Waals surface area contributed by atoms with E-state index in [-0.39, 0.29) is 49.2 Å². The van der Waals surface area contributed by atoms with Crippen molar-refractivity contribution < 1.29 is 31.7 Å². The Bertz CT molecular complexity index is 854. The Morgan fingerprint density at radius 3 is 2.35 bits per heavy atom. The van der Waals surface area contributed by atoms with Crippen molar-refractivity contribution in [2.45, 2.75) is 50.2 Å². The van der Waals surface area contributed by atoms with Crippen molar-refractivity contribution >= 4 is 23.0 Å². The molecule has 0 spiro atoms. The third kappa shape index (κ3) is 5.16. The molecule has 7 nitrogen and oxygen atoms in total. The second-order valence-corrected chi connectivity index (χ2v) is 7.98. The van der Waals surface area contributed by atoms with Crippen LogP contribution in [0.3, 0.4) is 0 Å². The minimum Gasteiger partial charge on any atom is -0.383 e. The van der Waals surface area contributed by atoms with E-state index in [4.69, 9.17) is 0 Å². The van der Waals surface area contributed by atoms with Crippen LogP contribution in [0.2, 0.25) is 0 Å². The van der Waals surface area contributed by atoms with Crippen LogP contribution >= 0.6 is 0 Å². The molecule has 1 aliphatic heterocycles. The summed E-state index contributed by atoms with van der Waals surface area (Å²) in [6, 6.07) is 1.78. The van der Waals surface area contributed by atoms with Crippen LogP contribution in [0.25, 0.3) is 0 Å². The van der Waals surface area contributed by atoms with Crippen LogP contribution < -0.4 is 15.5 Å². The summed E-state index contributed by atoms with van der Waals surface area (Å²) in [4.78, 5) is 24.9. The second kappa shape index (κ2) is 8.46. The highest BCUT2D eigenvalue weighted by Crippen LogP contribution is 2.39. The first-order chi connectivity index (χ1) is 14.4.